The van der Waals surface area contributed by atoms with E-state index < -0.39 is 24.1 Å². The lowest BCUT2D eigenvalue weighted by atomic mass is 10.4. The van der Waals surface area contributed by atoms with Crippen molar-refractivity contribution in [3.63, 3.8) is 0 Å². The van der Waals surface area contributed by atoms with Gasteiger partial charge in [-0.1, -0.05) is 0 Å². The van der Waals surface area contributed by atoms with E-state index in [9.17, 15) is 12.8 Å². The second-order valence-corrected chi connectivity index (χ2v) is 10.7. The van der Waals surface area contributed by atoms with E-state index in [1.54, 1.807) is 0 Å². The van der Waals surface area contributed by atoms with E-state index in [1.807, 2.05) is 4.72 Å². The molecule has 90 valence electrons. The molecule has 0 saturated carbocycles. The van der Waals surface area contributed by atoms with Crippen LogP contribution in [0.3, 0.4) is 0 Å². The smallest absolute Gasteiger partial charge is 0.217 e. The number of nitrogens with one attached hydrogen (secondary N) is 1. The molecule has 1 aliphatic rings. The first kappa shape index (κ1) is 13.3. The predicted octanol–water partition coefficient (Wildman–Crippen LogP) is 1.66. The molecule has 0 bridgehead atoms. The van der Waals surface area contributed by atoms with Gasteiger partial charge in [-0.15, -0.1) is 0 Å². The van der Waals surface area contributed by atoms with Crippen molar-refractivity contribution in [2.45, 2.75) is 19.8 Å². The summed E-state index contributed by atoms with van der Waals surface area (Å²) in [5, 5.41) is 0. The summed E-state index contributed by atoms with van der Waals surface area (Å²) in [4.78, 5) is 0. The van der Waals surface area contributed by atoms with Gasteiger partial charge in [-0.05, 0) is 19.8 Å². The lowest BCUT2D eigenvalue weighted by Crippen LogP contribution is -2.28. The molecule has 0 aromatic rings. The summed E-state index contributed by atoms with van der Waals surface area (Å²) >= 11 is 0. The van der Waals surface area contributed by atoms with Crippen LogP contribution in [0.2, 0.25) is 0 Å². The highest BCUT2D eigenvalue weighted by atomic mass is 32.2. The van der Waals surface area contributed by atoms with Crippen molar-refractivity contribution in [2.75, 3.05) is 37.2 Å². The summed E-state index contributed by atoms with van der Waals surface area (Å²) in [6, 6.07) is 0. The van der Waals surface area contributed by atoms with E-state index in [0.717, 1.165) is 12.3 Å². The summed E-state index contributed by atoms with van der Waals surface area (Å²) in [5.74, 6) is 0.110. The van der Waals surface area contributed by atoms with Gasteiger partial charge in [-0.2, -0.15) is 4.72 Å². The Kier molecular flexibility index (Phi) is 4.94. The van der Waals surface area contributed by atoms with E-state index in [-0.39, 0.29) is 5.75 Å². The van der Waals surface area contributed by atoms with Gasteiger partial charge in [0.1, 0.15) is 0 Å². The van der Waals surface area contributed by atoms with Crippen LogP contribution in [0.1, 0.15) is 19.8 Å². The van der Waals surface area contributed by atoms with Crippen LogP contribution in [0.5, 0.6) is 0 Å². The van der Waals surface area contributed by atoms with Gasteiger partial charge in [0.25, 0.3) is 0 Å². The monoisotopic (exact) mass is 256 g/mol. The van der Waals surface area contributed by atoms with Crippen LogP contribution in [0, 0.1) is 0 Å². The number of hydrogen-bond acceptors (Lipinski definition) is 2. The van der Waals surface area contributed by atoms with Gasteiger partial charge in [0.05, 0.1) is 30.4 Å². The number of sulfonamides is 1. The standard InChI is InChI=1S/C9H20FNO2PS/c1-2-14(5-3-4-6-14)7-8-15(12,13)11-9-10/h11H,2-9H2,1H3/q+1. The van der Waals surface area contributed by atoms with Gasteiger partial charge < -0.3 is 0 Å². The zero-order valence-electron chi connectivity index (χ0n) is 9.21. The van der Waals surface area contributed by atoms with Crippen molar-refractivity contribution in [1.82, 2.24) is 4.72 Å². The fourth-order valence-electron chi connectivity index (χ4n) is 2.17. The number of rotatable bonds is 6. The molecule has 1 N–H and O–H groups in total. The Hall–Kier alpha value is 0.270. The highest BCUT2D eigenvalue weighted by Crippen LogP contribution is 2.63. The zero-order valence-corrected chi connectivity index (χ0v) is 10.9. The van der Waals surface area contributed by atoms with Crippen molar-refractivity contribution in [2.24, 2.45) is 0 Å². The quantitative estimate of drug-likeness (QED) is 0.580. The molecule has 0 aromatic heterocycles. The molecule has 6 heteroatoms. The molecule has 0 unspecified atom stereocenters. The number of hydrogen-bond donors (Lipinski definition) is 1. The summed E-state index contributed by atoms with van der Waals surface area (Å²) in [7, 11) is -4.35. The van der Waals surface area contributed by atoms with Crippen LogP contribution >= 0.6 is 7.26 Å². The highest BCUT2D eigenvalue weighted by molar-refractivity contribution is 7.90. The maximum atomic E-state index is 11.9. The third kappa shape index (κ3) is 3.97. The van der Waals surface area contributed by atoms with Crippen molar-refractivity contribution < 1.29 is 12.8 Å². The fourth-order valence-corrected chi connectivity index (χ4v) is 8.40. The van der Waals surface area contributed by atoms with Crippen LogP contribution in [0.25, 0.3) is 0 Å². The average Bonchev–Trinajstić information content (AvgIpc) is 2.64. The molecule has 0 atom stereocenters. The molecule has 1 rings (SSSR count). The van der Waals surface area contributed by atoms with E-state index in [1.165, 1.54) is 25.2 Å². The minimum atomic E-state index is -3.36. The van der Waals surface area contributed by atoms with E-state index in [2.05, 4.69) is 6.92 Å². The van der Waals surface area contributed by atoms with Gasteiger partial charge >= 0.3 is 0 Å². The largest absolute Gasteiger partial charge is 0.233 e. The Bertz CT molecular complexity index is 288. The highest BCUT2D eigenvalue weighted by Gasteiger charge is 2.39. The summed E-state index contributed by atoms with van der Waals surface area (Å²) in [5.41, 5.74) is 0. The van der Waals surface area contributed by atoms with Crippen LogP contribution in [-0.2, 0) is 10.0 Å². The van der Waals surface area contributed by atoms with Gasteiger partial charge in [0.15, 0.2) is 6.80 Å². The normalized spacial score (nSPS) is 20.7. The molecule has 1 saturated heterocycles. The number of alkyl halides is 1. The van der Waals surface area contributed by atoms with Crippen LogP contribution in [0.4, 0.5) is 4.39 Å². The lowest BCUT2D eigenvalue weighted by Gasteiger charge is -2.20. The van der Waals surface area contributed by atoms with Crippen molar-refractivity contribution in [3.05, 3.63) is 0 Å². The fraction of sp³-hybridized carbons (Fsp3) is 1.00. The number of halogens is 1. The SMILES string of the molecule is CC[P+]1(CCS(=O)(=O)NCF)CCCC1. The summed E-state index contributed by atoms with van der Waals surface area (Å²) in [6.07, 6.45) is 6.87. The van der Waals surface area contributed by atoms with Crippen LogP contribution in [-0.4, -0.2) is 45.6 Å². The minimum Gasteiger partial charge on any atom is -0.233 e. The molecular weight excluding hydrogens is 236 g/mol. The molecule has 1 fully saturated rings. The molecule has 3 nitrogen and oxygen atoms in total. The van der Waals surface area contributed by atoms with Gasteiger partial charge in [0.2, 0.25) is 10.0 Å². The van der Waals surface area contributed by atoms with Gasteiger partial charge in [0, 0.05) is 7.26 Å². The Morgan fingerprint density at radius 3 is 2.40 bits per heavy atom. The molecule has 1 heterocycles. The van der Waals surface area contributed by atoms with Crippen molar-refractivity contribution in [1.29, 1.82) is 0 Å². The first-order valence-electron chi connectivity index (χ1n) is 5.42. The van der Waals surface area contributed by atoms with Gasteiger partial charge in [-0.3, -0.25) is 0 Å². The molecule has 0 aromatic carbocycles. The predicted molar refractivity (Wildman–Crippen MR) is 64.2 cm³/mol. The average molecular weight is 256 g/mol. The minimum absolute atomic E-state index is 0.110. The van der Waals surface area contributed by atoms with Crippen molar-refractivity contribution >= 4 is 17.3 Å². The first-order chi connectivity index (χ1) is 7.04. The summed E-state index contributed by atoms with van der Waals surface area (Å²) < 4.78 is 36.4. The maximum absolute atomic E-state index is 11.9. The summed E-state index contributed by atoms with van der Waals surface area (Å²) in [6.45, 7) is 1.17. The lowest BCUT2D eigenvalue weighted by molar-refractivity contribution is 0.469. The van der Waals surface area contributed by atoms with E-state index in [0.29, 0.717) is 0 Å². The molecule has 1 aliphatic heterocycles. The van der Waals surface area contributed by atoms with Crippen molar-refractivity contribution in [3.8, 4) is 0 Å². The second kappa shape index (κ2) is 5.55. The Morgan fingerprint density at radius 2 is 1.93 bits per heavy atom. The second-order valence-electron chi connectivity index (χ2n) is 4.13. The molecule has 0 aliphatic carbocycles. The molecule has 0 radical (unpaired) electrons. The molecule has 15 heavy (non-hydrogen) atoms. The third-order valence-corrected chi connectivity index (χ3v) is 9.93. The van der Waals surface area contributed by atoms with E-state index in [4.69, 9.17) is 0 Å². The Balaban J connectivity index is 2.47. The van der Waals surface area contributed by atoms with E-state index >= 15 is 0 Å². The zero-order chi connectivity index (χ0) is 11.4. The van der Waals surface area contributed by atoms with Gasteiger partial charge in [-0.25, -0.2) is 12.8 Å². The molecule has 0 amide bonds. The maximum Gasteiger partial charge on any atom is 0.217 e. The van der Waals surface area contributed by atoms with Crippen LogP contribution in [0.15, 0.2) is 0 Å². The third-order valence-electron chi connectivity index (χ3n) is 3.29. The first-order valence-corrected chi connectivity index (χ1v) is 9.60. The molecule has 0 spiro atoms. The Morgan fingerprint density at radius 1 is 1.33 bits per heavy atom. The molecular formula is C9H20FNO2PS+. The Labute approximate surface area is 92.2 Å². The topological polar surface area (TPSA) is 46.2 Å². The van der Waals surface area contributed by atoms with Crippen LogP contribution < -0.4 is 4.72 Å².